The van der Waals surface area contributed by atoms with Crippen LogP contribution in [0.5, 0.6) is 5.88 Å². The number of Topliss-reactive ketones (excluding diaryl/α,β-unsaturated/α-hetero) is 1. The number of methoxy groups -OCH3 is 1. The summed E-state index contributed by atoms with van der Waals surface area (Å²) in [5, 5.41) is 11.6. The summed E-state index contributed by atoms with van der Waals surface area (Å²) in [5.41, 5.74) is 3.96. The molecule has 1 heterocycles. The molecule has 0 saturated heterocycles. The van der Waals surface area contributed by atoms with Crippen LogP contribution in [0.2, 0.25) is 0 Å². The summed E-state index contributed by atoms with van der Waals surface area (Å²) < 4.78 is 10.3. The zero-order valence-corrected chi connectivity index (χ0v) is 21.7. The largest absolute Gasteiger partial charge is 0.494 e. The molecule has 0 atom stereocenters. The van der Waals surface area contributed by atoms with E-state index in [0.717, 1.165) is 18.5 Å². The van der Waals surface area contributed by atoms with E-state index >= 15 is 0 Å². The van der Waals surface area contributed by atoms with Crippen molar-refractivity contribution in [2.24, 2.45) is 4.99 Å². The molecule has 0 saturated carbocycles. The Hall–Kier alpha value is -4.27. The number of carbonyl (C=O) groups excluding carboxylic acids is 2. The first-order valence-corrected chi connectivity index (χ1v) is 12.3. The summed E-state index contributed by atoms with van der Waals surface area (Å²) in [5.74, 6) is -0.625. The van der Waals surface area contributed by atoms with Gasteiger partial charge >= 0.3 is 5.97 Å². The fourth-order valence-corrected chi connectivity index (χ4v) is 4.11. The van der Waals surface area contributed by atoms with Gasteiger partial charge in [-0.2, -0.15) is 0 Å². The van der Waals surface area contributed by atoms with Crippen LogP contribution in [-0.4, -0.2) is 73.4 Å². The highest BCUT2D eigenvalue weighted by Crippen LogP contribution is 2.32. The van der Waals surface area contributed by atoms with E-state index < -0.39 is 5.97 Å². The Morgan fingerprint density at radius 3 is 2.34 bits per heavy atom. The minimum absolute atomic E-state index is 0.0298. The molecule has 0 spiro atoms. The minimum Gasteiger partial charge on any atom is -0.494 e. The molecule has 0 radical (unpaired) electrons. The van der Waals surface area contributed by atoms with Crippen molar-refractivity contribution in [2.75, 3.05) is 41.0 Å². The smallest absolute Gasteiger partial charge is 0.337 e. The molecular weight excluding hydrogens is 482 g/mol. The monoisotopic (exact) mass is 513 g/mol. The fraction of sp³-hybridized carbons (Fsp3) is 0.233. The average molecular weight is 514 g/mol. The SMILES string of the molecule is COC(=O)c1ccc2c(C(=Nc3ccc(C(=O)COCCCN(C)C)cc3)c3ccccc3)c(O)[nH]c2c1. The zero-order valence-electron chi connectivity index (χ0n) is 21.7. The van der Waals surface area contributed by atoms with E-state index in [9.17, 15) is 14.7 Å². The molecule has 0 aliphatic heterocycles. The molecule has 0 aliphatic carbocycles. The van der Waals surface area contributed by atoms with E-state index in [2.05, 4.69) is 9.88 Å². The van der Waals surface area contributed by atoms with Crippen LogP contribution >= 0.6 is 0 Å². The number of H-pyrrole nitrogens is 1. The highest BCUT2D eigenvalue weighted by atomic mass is 16.5. The van der Waals surface area contributed by atoms with E-state index in [1.165, 1.54) is 7.11 Å². The lowest BCUT2D eigenvalue weighted by atomic mass is 10.00. The van der Waals surface area contributed by atoms with Gasteiger partial charge in [0, 0.05) is 28.6 Å². The molecule has 196 valence electrons. The summed E-state index contributed by atoms with van der Waals surface area (Å²) in [4.78, 5) is 34.4. The van der Waals surface area contributed by atoms with E-state index in [1.54, 1.807) is 42.5 Å². The Labute approximate surface area is 221 Å². The molecule has 4 rings (SSSR count). The van der Waals surface area contributed by atoms with E-state index in [1.807, 2.05) is 44.4 Å². The number of esters is 1. The quantitative estimate of drug-likeness (QED) is 0.127. The van der Waals surface area contributed by atoms with Crippen molar-refractivity contribution in [1.82, 2.24) is 9.88 Å². The second kappa shape index (κ2) is 12.3. The number of aromatic nitrogens is 1. The van der Waals surface area contributed by atoms with Crippen LogP contribution in [0.3, 0.4) is 0 Å². The molecule has 3 aromatic carbocycles. The second-order valence-corrected chi connectivity index (χ2v) is 9.11. The molecule has 4 aromatic rings. The van der Waals surface area contributed by atoms with Crippen molar-refractivity contribution < 1.29 is 24.2 Å². The lowest BCUT2D eigenvalue weighted by Crippen LogP contribution is -2.16. The number of ketones is 1. The van der Waals surface area contributed by atoms with Crippen LogP contribution in [0.25, 0.3) is 10.9 Å². The molecule has 0 fully saturated rings. The molecule has 8 heteroatoms. The number of hydrogen-bond acceptors (Lipinski definition) is 7. The zero-order chi connectivity index (χ0) is 27.1. The molecule has 1 aromatic heterocycles. The van der Waals surface area contributed by atoms with E-state index in [0.29, 0.717) is 45.6 Å². The van der Waals surface area contributed by atoms with Gasteiger partial charge in [0.05, 0.1) is 29.6 Å². The van der Waals surface area contributed by atoms with Crippen molar-refractivity contribution in [3.8, 4) is 5.88 Å². The Morgan fingerprint density at radius 2 is 1.66 bits per heavy atom. The van der Waals surface area contributed by atoms with Crippen LogP contribution in [0.1, 0.15) is 38.3 Å². The minimum atomic E-state index is -0.465. The van der Waals surface area contributed by atoms with Crippen LogP contribution in [0.15, 0.2) is 77.8 Å². The number of fused-ring (bicyclic) bond motifs is 1. The standard InChI is InChI=1S/C30H31N3O5/c1-33(2)16-7-17-38-19-26(34)20-10-13-23(14-11-20)31-28(21-8-5-4-6-9-21)27-24-15-12-22(30(36)37-3)18-25(24)32-29(27)35/h4-6,8-15,18,32,35H,7,16-17,19H2,1-3H3. The van der Waals surface area contributed by atoms with Crippen molar-refractivity contribution >= 4 is 34.1 Å². The van der Waals surface area contributed by atoms with Crippen LogP contribution in [-0.2, 0) is 9.47 Å². The first kappa shape index (κ1) is 26.8. The lowest BCUT2D eigenvalue weighted by molar-refractivity contribution is 0.0600. The van der Waals surface area contributed by atoms with Gasteiger partial charge in [0.15, 0.2) is 11.7 Å². The number of nitrogens with zero attached hydrogens (tertiary/aromatic N) is 2. The molecule has 0 amide bonds. The second-order valence-electron chi connectivity index (χ2n) is 9.11. The highest BCUT2D eigenvalue weighted by molar-refractivity contribution is 6.22. The normalized spacial score (nSPS) is 11.7. The number of hydrogen-bond donors (Lipinski definition) is 2. The van der Waals surface area contributed by atoms with Gasteiger partial charge in [0.2, 0.25) is 0 Å². The number of aromatic hydroxyl groups is 1. The molecule has 38 heavy (non-hydrogen) atoms. The molecule has 0 unspecified atom stereocenters. The summed E-state index contributed by atoms with van der Waals surface area (Å²) in [6.07, 6.45) is 0.862. The van der Waals surface area contributed by atoms with Crippen molar-refractivity contribution in [2.45, 2.75) is 6.42 Å². The van der Waals surface area contributed by atoms with Crippen LogP contribution in [0, 0.1) is 0 Å². The molecule has 2 N–H and O–H groups in total. The van der Waals surface area contributed by atoms with Gasteiger partial charge in [0.1, 0.15) is 6.61 Å². The Bertz CT molecular complexity index is 1440. The number of aromatic amines is 1. The number of ether oxygens (including phenoxy) is 2. The van der Waals surface area contributed by atoms with Crippen molar-refractivity contribution in [3.05, 3.63) is 95.1 Å². The molecule has 0 aliphatic rings. The van der Waals surface area contributed by atoms with Crippen LogP contribution in [0.4, 0.5) is 5.69 Å². The number of carbonyl (C=O) groups is 2. The van der Waals surface area contributed by atoms with Gasteiger partial charge in [-0.05, 0) is 63.5 Å². The summed E-state index contributed by atoms with van der Waals surface area (Å²) in [6.45, 7) is 1.47. The van der Waals surface area contributed by atoms with Gasteiger partial charge in [-0.25, -0.2) is 9.79 Å². The van der Waals surface area contributed by atoms with E-state index in [4.69, 9.17) is 14.5 Å². The Morgan fingerprint density at radius 1 is 0.947 bits per heavy atom. The van der Waals surface area contributed by atoms with Gasteiger partial charge < -0.3 is 24.5 Å². The predicted molar refractivity (Wildman–Crippen MR) is 148 cm³/mol. The first-order valence-electron chi connectivity index (χ1n) is 12.3. The van der Waals surface area contributed by atoms with E-state index in [-0.39, 0.29) is 18.3 Å². The van der Waals surface area contributed by atoms with Crippen molar-refractivity contribution in [3.63, 3.8) is 0 Å². The maximum absolute atomic E-state index is 12.5. The Kier molecular flexibility index (Phi) is 8.68. The van der Waals surface area contributed by atoms with Gasteiger partial charge in [0.25, 0.3) is 0 Å². The van der Waals surface area contributed by atoms with Crippen molar-refractivity contribution in [1.29, 1.82) is 0 Å². The lowest BCUT2D eigenvalue weighted by Gasteiger charge is -2.09. The first-order chi connectivity index (χ1) is 18.4. The van der Waals surface area contributed by atoms with Gasteiger partial charge in [-0.1, -0.05) is 36.4 Å². The third kappa shape index (κ3) is 6.34. The Balaban J connectivity index is 1.63. The van der Waals surface area contributed by atoms with Crippen LogP contribution < -0.4 is 0 Å². The number of aliphatic imine (C=N–C) groups is 1. The number of nitrogens with one attached hydrogen (secondary N) is 1. The van der Waals surface area contributed by atoms with Gasteiger partial charge in [-0.3, -0.25) is 4.79 Å². The van der Waals surface area contributed by atoms with Gasteiger partial charge in [-0.15, -0.1) is 0 Å². The fourth-order valence-electron chi connectivity index (χ4n) is 4.11. The maximum atomic E-state index is 12.5. The molecule has 8 nitrogen and oxygen atoms in total. The predicted octanol–water partition coefficient (Wildman–Crippen LogP) is 4.98. The molecule has 0 bridgehead atoms. The summed E-state index contributed by atoms with van der Waals surface area (Å²) in [7, 11) is 5.32. The number of rotatable bonds is 11. The third-order valence-electron chi connectivity index (χ3n) is 6.04. The topological polar surface area (TPSA) is 104 Å². The number of benzene rings is 3. The summed E-state index contributed by atoms with van der Waals surface area (Å²) in [6, 6.07) is 21.5. The average Bonchev–Trinajstić information content (AvgIpc) is 3.26. The third-order valence-corrected chi connectivity index (χ3v) is 6.04. The summed E-state index contributed by atoms with van der Waals surface area (Å²) >= 11 is 0. The maximum Gasteiger partial charge on any atom is 0.337 e. The molecular formula is C30H31N3O5. The highest BCUT2D eigenvalue weighted by Gasteiger charge is 2.20.